The summed E-state index contributed by atoms with van der Waals surface area (Å²) in [5.74, 6) is 0.811. The standard InChI is InChI=1S/C12H17BrN2O2/c1-17-11-5-4-9(7-10(11)13)8-15-12(16)3-2-6-14/h4-5,7H,2-3,6,8,14H2,1H3,(H,15,16). The second kappa shape index (κ2) is 7.29. The Morgan fingerprint density at radius 1 is 1.53 bits per heavy atom. The second-order valence-electron chi connectivity index (χ2n) is 3.64. The summed E-state index contributed by atoms with van der Waals surface area (Å²) in [4.78, 5) is 11.4. The first-order valence-electron chi connectivity index (χ1n) is 5.46. The van der Waals surface area contributed by atoms with Crippen LogP contribution in [0, 0.1) is 0 Å². The van der Waals surface area contributed by atoms with E-state index in [0.717, 1.165) is 22.2 Å². The molecule has 0 aliphatic carbocycles. The van der Waals surface area contributed by atoms with E-state index in [1.54, 1.807) is 7.11 Å². The van der Waals surface area contributed by atoms with Crippen molar-refractivity contribution in [3.63, 3.8) is 0 Å². The number of carbonyl (C=O) groups excluding carboxylic acids is 1. The number of hydrogen-bond acceptors (Lipinski definition) is 3. The molecule has 3 N–H and O–H groups in total. The van der Waals surface area contributed by atoms with Crippen LogP contribution < -0.4 is 15.8 Å². The van der Waals surface area contributed by atoms with Gasteiger partial charge in [-0.2, -0.15) is 0 Å². The molecule has 4 nitrogen and oxygen atoms in total. The molecule has 17 heavy (non-hydrogen) atoms. The number of carbonyl (C=O) groups is 1. The van der Waals surface area contributed by atoms with Gasteiger partial charge in [0.15, 0.2) is 0 Å². The Kier molecular flexibility index (Phi) is 6.00. The van der Waals surface area contributed by atoms with E-state index < -0.39 is 0 Å². The van der Waals surface area contributed by atoms with E-state index >= 15 is 0 Å². The summed E-state index contributed by atoms with van der Waals surface area (Å²) in [5.41, 5.74) is 6.36. The summed E-state index contributed by atoms with van der Waals surface area (Å²) in [5, 5.41) is 2.84. The highest BCUT2D eigenvalue weighted by Gasteiger charge is 2.03. The normalized spacial score (nSPS) is 10.1. The molecule has 0 aliphatic rings. The topological polar surface area (TPSA) is 64.3 Å². The molecule has 0 aliphatic heterocycles. The van der Waals surface area contributed by atoms with Crippen molar-refractivity contribution in [1.29, 1.82) is 0 Å². The maximum Gasteiger partial charge on any atom is 0.220 e. The number of halogens is 1. The average molecular weight is 301 g/mol. The van der Waals surface area contributed by atoms with Gasteiger partial charge in [0.2, 0.25) is 5.91 Å². The lowest BCUT2D eigenvalue weighted by Crippen LogP contribution is -2.23. The Hall–Kier alpha value is -1.07. The first kappa shape index (κ1) is 14.0. The summed E-state index contributed by atoms with van der Waals surface area (Å²) in [6, 6.07) is 5.72. The van der Waals surface area contributed by atoms with E-state index in [-0.39, 0.29) is 5.91 Å². The molecule has 0 atom stereocenters. The summed E-state index contributed by atoms with van der Waals surface area (Å²) in [6.07, 6.45) is 1.20. The zero-order chi connectivity index (χ0) is 12.7. The highest BCUT2D eigenvalue weighted by Crippen LogP contribution is 2.25. The molecule has 1 amide bonds. The fourth-order valence-corrected chi connectivity index (χ4v) is 1.96. The van der Waals surface area contributed by atoms with E-state index in [4.69, 9.17) is 10.5 Å². The van der Waals surface area contributed by atoms with Crippen molar-refractivity contribution in [2.24, 2.45) is 5.73 Å². The van der Waals surface area contributed by atoms with E-state index in [9.17, 15) is 4.79 Å². The van der Waals surface area contributed by atoms with Gasteiger partial charge in [0, 0.05) is 13.0 Å². The van der Waals surface area contributed by atoms with Gasteiger partial charge in [-0.3, -0.25) is 4.79 Å². The lowest BCUT2D eigenvalue weighted by molar-refractivity contribution is -0.121. The molecule has 0 saturated carbocycles. The predicted molar refractivity (Wildman–Crippen MR) is 70.8 cm³/mol. The van der Waals surface area contributed by atoms with E-state index in [1.165, 1.54) is 0 Å². The minimum Gasteiger partial charge on any atom is -0.496 e. The minimum absolute atomic E-state index is 0.0300. The maximum atomic E-state index is 11.4. The molecule has 1 rings (SSSR count). The molecule has 0 unspecified atom stereocenters. The van der Waals surface area contributed by atoms with Gasteiger partial charge in [-0.25, -0.2) is 0 Å². The first-order chi connectivity index (χ1) is 8.17. The Bertz CT molecular complexity index is 383. The van der Waals surface area contributed by atoms with Crippen molar-refractivity contribution in [3.05, 3.63) is 28.2 Å². The van der Waals surface area contributed by atoms with Crippen molar-refractivity contribution in [3.8, 4) is 5.75 Å². The van der Waals surface area contributed by atoms with Crippen molar-refractivity contribution in [2.45, 2.75) is 19.4 Å². The monoisotopic (exact) mass is 300 g/mol. The molecule has 5 heteroatoms. The van der Waals surface area contributed by atoms with Crippen molar-refractivity contribution >= 4 is 21.8 Å². The number of methoxy groups -OCH3 is 1. The fraction of sp³-hybridized carbons (Fsp3) is 0.417. The lowest BCUT2D eigenvalue weighted by atomic mass is 10.2. The third-order valence-corrected chi connectivity index (χ3v) is 2.93. The maximum absolute atomic E-state index is 11.4. The van der Waals surface area contributed by atoms with Crippen LogP contribution in [0.15, 0.2) is 22.7 Å². The first-order valence-corrected chi connectivity index (χ1v) is 6.26. The summed E-state index contributed by atoms with van der Waals surface area (Å²) in [6.45, 7) is 1.06. The van der Waals surface area contributed by atoms with Gasteiger partial charge in [0.25, 0.3) is 0 Å². The summed E-state index contributed by atoms with van der Waals surface area (Å²) in [7, 11) is 1.62. The van der Waals surface area contributed by atoms with Crippen LogP contribution in [0.25, 0.3) is 0 Å². The minimum atomic E-state index is 0.0300. The summed E-state index contributed by atoms with van der Waals surface area (Å²) < 4.78 is 6.01. The number of nitrogens with one attached hydrogen (secondary N) is 1. The van der Waals surface area contributed by atoms with Gasteiger partial charge in [-0.1, -0.05) is 6.07 Å². The van der Waals surface area contributed by atoms with Crippen LogP contribution in [-0.2, 0) is 11.3 Å². The van der Waals surface area contributed by atoms with Crippen LogP contribution in [0.3, 0.4) is 0 Å². The van der Waals surface area contributed by atoms with E-state index in [0.29, 0.717) is 19.5 Å². The van der Waals surface area contributed by atoms with Gasteiger partial charge in [-0.15, -0.1) is 0 Å². The van der Waals surface area contributed by atoms with Crippen LogP contribution in [0.2, 0.25) is 0 Å². The Morgan fingerprint density at radius 2 is 2.29 bits per heavy atom. The molecule has 0 spiro atoms. The van der Waals surface area contributed by atoms with Crippen LogP contribution in [0.5, 0.6) is 5.75 Å². The lowest BCUT2D eigenvalue weighted by Gasteiger charge is -2.07. The molecule has 0 aromatic heterocycles. The zero-order valence-electron chi connectivity index (χ0n) is 9.83. The van der Waals surface area contributed by atoms with E-state index in [1.807, 2.05) is 18.2 Å². The highest BCUT2D eigenvalue weighted by molar-refractivity contribution is 9.10. The van der Waals surface area contributed by atoms with Gasteiger partial charge in [0.05, 0.1) is 11.6 Å². The molecule has 1 aromatic carbocycles. The Labute approximate surface area is 110 Å². The van der Waals surface area contributed by atoms with Gasteiger partial charge < -0.3 is 15.8 Å². The largest absolute Gasteiger partial charge is 0.496 e. The zero-order valence-corrected chi connectivity index (χ0v) is 11.4. The van der Waals surface area contributed by atoms with Crippen molar-refractivity contribution in [1.82, 2.24) is 5.32 Å². The number of ether oxygens (including phenoxy) is 1. The predicted octanol–water partition coefficient (Wildman–Crippen LogP) is 1.81. The quantitative estimate of drug-likeness (QED) is 0.842. The number of hydrogen-bond donors (Lipinski definition) is 2. The number of amides is 1. The molecule has 0 radical (unpaired) electrons. The molecule has 0 heterocycles. The van der Waals surface area contributed by atoms with Crippen LogP contribution in [0.4, 0.5) is 0 Å². The van der Waals surface area contributed by atoms with Crippen LogP contribution in [0.1, 0.15) is 18.4 Å². The Balaban J connectivity index is 2.47. The molecule has 0 saturated heterocycles. The average Bonchev–Trinajstić information content (AvgIpc) is 2.34. The second-order valence-corrected chi connectivity index (χ2v) is 4.49. The highest BCUT2D eigenvalue weighted by atomic mass is 79.9. The smallest absolute Gasteiger partial charge is 0.220 e. The van der Waals surface area contributed by atoms with Gasteiger partial charge >= 0.3 is 0 Å². The van der Waals surface area contributed by atoms with Crippen molar-refractivity contribution < 1.29 is 9.53 Å². The van der Waals surface area contributed by atoms with Crippen molar-refractivity contribution in [2.75, 3.05) is 13.7 Å². The van der Waals surface area contributed by atoms with Crippen LogP contribution in [-0.4, -0.2) is 19.6 Å². The molecular formula is C12H17BrN2O2. The molecule has 0 fully saturated rings. The summed E-state index contributed by atoms with van der Waals surface area (Å²) >= 11 is 3.40. The van der Waals surface area contributed by atoms with Crippen LogP contribution >= 0.6 is 15.9 Å². The third-order valence-electron chi connectivity index (χ3n) is 2.31. The van der Waals surface area contributed by atoms with Gasteiger partial charge in [-0.05, 0) is 46.6 Å². The molecule has 94 valence electrons. The molecule has 1 aromatic rings. The SMILES string of the molecule is COc1ccc(CNC(=O)CCCN)cc1Br. The third kappa shape index (κ3) is 4.75. The fourth-order valence-electron chi connectivity index (χ4n) is 1.37. The number of benzene rings is 1. The number of nitrogens with two attached hydrogens (primary N) is 1. The number of rotatable bonds is 6. The molecular weight excluding hydrogens is 284 g/mol. The van der Waals surface area contributed by atoms with Gasteiger partial charge in [0.1, 0.15) is 5.75 Å². The Morgan fingerprint density at radius 3 is 2.88 bits per heavy atom. The van der Waals surface area contributed by atoms with E-state index in [2.05, 4.69) is 21.2 Å². The molecule has 0 bridgehead atoms.